The molecule has 0 atom stereocenters. The summed E-state index contributed by atoms with van der Waals surface area (Å²) in [5.74, 6) is 0. The quantitative estimate of drug-likeness (QED) is 0.153. The first-order chi connectivity index (χ1) is 48.8. The Morgan fingerprint density at radius 3 is 0.889 bits per heavy atom. The zero-order valence-electron chi connectivity index (χ0n) is 55.3. The number of benzene rings is 15. The molecule has 0 aromatic heterocycles. The maximum absolute atomic E-state index is 2.72. The molecule has 0 amide bonds. The van der Waals surface area contributed by atoms with E-state index >= 15 is 0 Å². The van der Waals surface area contributed by atoms with Crippen molar-refractivity contribution in [1.82, 2.24) is 0 Å². The molecule has 21 rings (SSSR count). The summed E-state index contributed by atoms with van der Waals surface area (Å²) in [5, 5.41) is 0. The fraction of sp³-hybridized carbons (Fsp3) is 0.0625. The summed E-state index contributed by atoms with van der Waals surface area (Å²) in [7, 11) is 0. The summed E-state index contributed by atoms with van der Waals surface area (Å²) >= 11 is 0. The Kier molecular flexibility index (Phi) is 11.8. The molecule has 0 fully saturated rings. The first kappa shape index (κ1) is 56.2. The summed E-state index contributed by atoms with van der Waals surface area (Å²) < 4.78 is 0. The maximum atomic E-state index is 2.72. The van der Waals surface area contributed by atoms with Gasteiger partial charge in [0.25, 0.3) is 6.71 Å². The van der Waals surface area contributed by atoms with Crippen LogP contribution in [0.25, 0.3) is 89.0 Å². The molecular formula is C96H65BN2. The Morgan fingerprint density at radius 2 is 0.535 bits per heavy atom. The molecule has 4 aliphatic carbocycles. The lowest BCUT2D eigenvalue weighted by Gasteiger charge is -2.46. The summed E-state index contributed by atoms with van der Waals surface area (Å²) in [6.07, 6.45) is 0. The zero-order chi connectivity index (χ0) is 65.5. The van der Waals surface area contributed by atoms with Crippen molar-refractivity contribution in [2.75, 3.05) is 9.80 Å². The van der Waals surface area contributed by atoms with Gasteiger partial charge < -0.3 is 9.80 Å². The van der Waals surface area contributed by atoms with Gasteiger partial charge in [0.1, 0.15) is 0 Å². The van der Waals surface area contributed by atoms with Gasteiger partial charge in [-0.1, -0.05) is 312 Å². The van der Waals surface area contributed by atoms with Crippen LogP contribution >= 0.6 is 0 Å². The predicted molar refractivity (Wildman–Crippen MR) is 414 cm³/mol. The number of nitrogens with zero attached hydrogens (tertiary/aromatic N) is 2. The average molecular weight is 1260 g/mol. The average Bonchev–Trinajstić information content (AvgIpc) is 1.55. The van der Waals surface area contributed by atoms with Crippen molar-refractivity contribution in [2.24, 2.45) is 0 Å². The molecule has 3 heteroatoms. The molecule has 0 radical (unpaired) electrons. The van der Waals surface area contributed by atoms with Gasteiger partial charge in [0.15, 0.2) is 0 Å². The van der Waals surface area contributed by atoms with Crippen molar-refractivity contribution in [3.8, 4) is 89.0 Å². The number of anilines is 6. The molecule has 462 valence electrons. The molecule has 0 N–H and O–H groups in total. The van der Waals surface area contributed by atoms with Crippen molar-refractivity contribution >= 4 is 57.2 Å². The highest BCUT2D eigenvalue weighted by Gasteiger charge is 2.56. The molecule has 0 saturated heterocycles. The van der Waals surface area contributed by atoms with Crippen LogP contribution in [-0.2, 0) is 16.2 Å². The largest absolute Gasteiger partial charge is 0.311 e. The van der Waals surface area contributed by atoms with Crippen LogP contribution in [0.3, 0.4) is 0 Å². The smallest absolute Gasteiger partial charge is 0.252 e. The van der Waals surface area contributed by atoms with Gasteiger partial charge in [-0.15, -0.1) is 0 Å². The van der Waals surface area contributed by atoms with Gasteiger partial charge in [-0.2, -0.15) is 0 Å². The first-order valence-electron chi connectivity index (χ1n) is 35.0. The molecule has 0 bridgehead atoms. The molecule has 2 aliphatic heterocycles. The van der Waals surface area contributed by atoms with Crippen LogP contribution in [0, 0.1) is 0 Å². The minimum Gasteiger partial charge on any atom is -0.311 e. The minimum absolute atomic E-state index is 0.184. The molecule has 0 saturated carbocycles. The third-order valence-electron chi connectivity index (χ3n) is 23.0. The van der Waals surface area contributed by atoms with Gasteiger partial charge >= 0.3 is 0 Å². The second kappa shape index (κ2) is 20.7. The Balaban J connectivity index is 0.897. The molecular weight excluding hydrogens is 1190 g/mol. The van der Waals surface area contributed by atoms with E-state index in [-0.39, 0.29) is 12.1 Å². The van der Waals surface area contributed by atoms with E-state index in [4.69, 9.17) is 0 Å². The number of hydrogen-bond acceptors (Lipinski definition) is 2. The molecule has 2 spiro atoms. The highest BCUT2D eigenvalue weighted by molar-refractivity contribution is 7.00. The fourth-order valence-corrected chi connectivity index (χ4v) is 18.9. The van der Waals surface area contributed by atoms with Crippen LogP contribution in [0.15, 0.2) is 340 Å². The third kappa shape index (κ3) is 7.62. The van der Waals surface area contributed by atoms with E-state index in [1.165, 1.54) is 178 Å². The number of hydrogen-bond donors (Lipinski definition) is 0. The minimum atomic E-state index is -0.584. The van der Waals surface area contributed by atoms with Gasteiger partial charge in [-0.05, 0) is 198 Å². The van der Waals surface area contributed by atoms with Crippen LogP contribution in [-0.4, -0.2) is 6.71 Å². The first-order valence-corrected chi connectivity index (χ1v) is 35.0. The summed E-state index contributed by atoms with van der Waals surface area (Å²) in [6, 6.07) is 130. The van der Waals surface area contributed by atoms with Crippen LogP contribution in [0.2, 0.25) is 0 Å². The SMILES string of the molecule is CC(C)(C)c1cc2c3c(c1)N(c1cccc4c1-c1cc(-c5ccccc5)ccc1C41c4ccccc4-c4ccccc41)c1ccc(-c4ccccc4)cc1B3c1cc(-c3ccccc3)ccc1N2c1cccc2c1-c1cc(-c3ccccc3)ccc1C21c2ccccc2-c2ccccc21. The van der Waals surface area contributed by atoms with Crippen molar-refractivity contribution in [3.63, 3.8) is 0 Å². The van der Waals surface area contributed by atoms with E-state index in [9.17, 15) is 0 Å². The van der Waals surface area contributed by atoms with Crippen LogP contribution < -0.4 is 26.2 Å². The molecule has 15 aromatic rings. The summed E-state index contributed by atoms with van der Waals surface area (Å²) in [4.78, 5) is 5.45. The van der Waals surface area contributed by atoms with E-state index in [0.29, 0.717) is 0 Å². The molecule has 0 unspecified atom stereocenters. The second-order valence-electron chi connectivity index (χ2n) is 28.9. The van der Waals surface area contributed by atoms with E-state index < -0.39 is 10.8 Å². The molecule has 6 aliphatic rings. The third-order valence-corrected chi connectivity index (χ3v) is 23.0. The second-order valence-corrected chi connectivity index (χ2v) is 28.9. The highest BCUT2D eigenvalue weighted by atomic mass is 15.2. The van der Waals surface area contributed by atoms with Gasteiger partial charge in [-0.25, -0.2) is 0 Å². The summed E-state index contributed by atoms with van der Waals surface area (Å²) in [5.41, 5.74) is 41.1. The lowest BCUT2D eigenvalue weighted by molar-refractivity contribution is 0.590. The molecule has 99 heavy (non-hydrogen) atoms. The maximum Gasteiger partial charge on any atom is 0.252 e. The van der Waals surface area contributed by atoms with E-state index in [1.54, 1.807) is 0 Å². The molecule has 2 heterocycles. The molecule has 2 nitrogen and oxygen atoms in total. The van der Waals surface area contributed by atoms with Gasteiger partial charge in [0.05, 0.1) is 22.2 Å². The van der Waals surface area contributed by atoms with Gasteiger partial charge in [-0.3, -0.25) is 0 Å². The predicted octanol–water partition coefficient (Wildman–Crippen LogP) is 22.4. The number of fused-ring (bicyclic) bond motifs is 24. The van der Waals surface area contributed by atoms with Crippen molar-refractivity contribution in [3.05, 3.63) is 390 Å². The highest BCUT2D eigenvalue weighted by Crippen LogP contribution is 2.68. The lowest BCUT2D eigenvalue weighted by atomic mass is 9.33. The van der Waals surface area contributed by atoms with E-state index in [1.807, 2.05) is 0 Å². The number of rotatable bonds is 6. The van der Waals surface area contributed by atoms with Crippen LogP contribution in [0.1, 0.15) is 70.8 Å². The van der Waals surface area contributed by atoms with Crippen molar-refractivity contribution in [2.45, 2.75) is 37.0 Å². The monoisotopic (exact) mass is 1260 g/mol. The topological polar surface area (TPSA) is 6.48 Å². The van der Waals surface area contributed by atoms with Crippen molar-refractivity contribution < 1.29 is 0 Å². The van der Waals surface area contributed by atoms with Gasteiger partial charge in [0.2, 0.25) is 0 Å². The standard InChI is InChI=1S/C96H65BN2/c1-94(2,3)68-58-89-93-90(59-68)99(88-45-25-43-82-92(88)74-55-65(61-28-10-5-11-29-61)47-51-80(74)96(82)77-40-22-18-36-71(77)72-37-19-23-41-78(72)96)86-53-49-67(63-32-14-7-15-33-63)57-84(86)97(93)83-56-66(62-30-12-6-13-31-62)48-52-85(83)98(89)87-44-24-42-81-91(87)73-54-64(60-26-8-4-9-27-60)46-50-79(73)95(81)75-38-20-16-34-69(75)70-35-17-21-39-76(70)95/h4-59H,1-3H3. The van der Waals surface area contributed by atoms with Crippen LogP contribution in [0.5, 0.6) is 0 Å². The Bertz CT molecular complexity index is 5480. The summed E-state index contributed by atoms with van der Waals surface area (Å²) in [6.45, 7) is 7.02. The van der Waals surface area contributed by atoms with Crippen molar-refractivity contribution in [1.29, 1.82) is 0 Å². The Morgan fingerprint density at radius 1 is 0.232 bits per heavy atom. The van der Waals surface area contributed by atoms with E-state index in [0.717, 1.165) is 11.4 Å². The Hall–Kier alpha value is -12.0. The Labute approximate surface area is 579 Å². The fourth-order valence-electron chi connectivity index (χ4n) is 18.9. The zero-order valence-corrected chi connectivity index (χ0v) is 55.3. The van der Waals surface area contributed by atoms with E-state index in [2.05, 4.69) is 370 Å². The molecule has 15 aromatic carbocycles. The van der Waals surface area contributed by atoms with Crippen LogP contribution in [0.4, 0.5) is 34.1 Å². The lowest BCUT2D eigenvalue weighted by Crippen LogP contribution is -2.61. The normalized spacial score (nSPS) is 14.3. The van der Waals surface area contributed by atoms with Gasteiger partial charge in [0, 0.05) is 33.9 Å².